The monoisotopic (exact) mass is 315 g/mol. The van der Waals surface area contributed by atoms with Gasteiger partial charge in [0.2, 0.25) is 5.91 Å². The lowest BCUT2D eigenvalue weighted by Gasteiger charge is -2.31. The summed E-state index contributed by atoms with van der Waals surface area (Å²) < 4.78 is 0. The van der Waals surface area contributed by atoms with Gasteiger partial charge in [0.05, 0.1) is 22.3 Å². The van der Waals surface area contributed by atoms with Crippen molar-refractivity contribution in [1.82, 2.24) is 10.2 Å². The third kappa shape index (κ3) is 3.85. The number of hydrogen-bond acceptors (Lipinski definition) is 3. The molecule has 0 saturated carbocycles. The maximum absolute atomic E-state index is 12.1. The van der Waals surface area contributed by atoms with E-state index in [-0.39, 0.29) is 5.91 Å². The third-order valence-electron chi connectivity index (χ3n) is 3.37. The summed E-state index contributed by atoms with van der Waals surface area (Å²) in [7, 11) is 0. The van der Waals surface area contributed by atoms with Gasteiger partial charge in [0.25, 0.3) is 0 Å². The van der Waals surface area contributed by atoms with Crippen molar-refractivity contribution < 1.29 is 4.79 Å². The van der Waals surface area contributed by atoms with Gasteiger partial charge in [-0.1, -0.05) is 29.3 Å². The Kier molecular flexibility index (Phi) is 5.27. The molecule has 2 rings (SSSR count). The van der Waals surface area contributed by atoms with Crippen molar-refractivity contribution in [2.24, 2.45) is 0 Å². The van der Waals surface area contributed by atoms with Crippen LogP contribution in [0.1, 0.15) is 12.5 Å². The second-order valence-corrected chi connectivity index (χ2v) is 5.98. The number of carbonyl (C=O) groups is 1. The molecule has 1 unspecified atom stereocenters. The summed E-state index contributed by atoms with van der Waals surface area (Å²) in [5, 5.41) is 7.12. The van der Waals surface area contributed by atoms with E-state index in [2.05, 4.69) is 22.5 Å². The van der Waals surface area contributed by atoms with Crippen LogP contribution in [0.15, 0.2) is 12.1 Å². The van der Waals surface area contributed by atoms with E-state index in [1.807, 2.05) is 13.0 Å². The Morgan fingerprint density at radius 2 is 2.25 bits per heavy atom. The number of rotatable bonds is 3. The van der Waals surface area contributed by atoms with Crippen molar-refractivity contribution in [3.63, 3.8) is 0 Å². The molecule has 1 atom stereocenters. The van der Waals surface area contributed by atoms with Gasteiger partial charge in [0, 0.05) is 25.7 Å². The Balaban J connectivity index is 2.00. The van der Waals surface area contributed by atoms with Crippen LogP contribution in [0.4, 0.5) is 5.69 Å². The second-order valence-electron chi connectivity index (χ2n) is 5.19. The minimum absolute atomic E-state index is 0.0894. The van der Waals surface area contributed by atoms with Crippen LogP contribution in [-0.4, -0.2) is 43.0 Å². The summed E-state index contributed by atoms with van der Waals surface area (Å²) in [5.74, 6) is -0.0894. The highest BCUT2D eigenvalue weighted by Crippen LogP contribution is 2.32. The summed E-state index contributed by atoms with van der Waals surface area (Å²) in [4.78, 5) is 14.2. The molecule has 1 aliphatic rings. The topological polar surface area (TPSA) is 44.4 Å². The maximum atomic E-state index is 12.1. The highest BCUT2D eigenvalue weighted by molar-refractivity contribution is 6.40. The molecule has 1 amide bonds. The lowest BCUT2D eigenvalue weighted by molar-refractivity contribution is -0.117. The molecule has 110 valence electrons. The van der Waals surface area contributed by atoms with Crippen LogP contribution in [0.25, 0.3) is 0 Å². The molecule has 4 nitrogen and oxygen atoms in total. The minimum atomic E-state index is -0.0894. The largest absolute Gasteiger partial charge is 0.322 e. The zero-order valence-electron chi connectivity index (χ0n) is 11.7. The van der Waals surface area contributed by atoms with Crippen LogP contribution in [-0.2, 0) is 4.79 Å². The molecule has 2 N–H and O–H groups in total. The third-order valence-corrected chi connectivity index (χ3v) is 4.17. The first kappa shape index (κ1) is 15.6. The zero-order chi connectivity index (χ0) is 14.7. The molecule has 1 heterocycles. The molecule has 0 aliphatic carbocycles. The summed E-state index contributed by atoms with van der Waals surface area (Å²) in [6, 6.07) is 3.98. The van der Waals surface area contributed by atoms with Gasteiger partial charge in [-0.3, -0.25) is 9.69 Å². The van der Waals surface area contributed by atoms with Gasteiger partial charge >= 0.3 is 0 Å². The van der Waals surface area contributed by atoms with Gasteiger partial charge in [0.15, 0.2) is 0 Å². The van der Waals surface area contributed by atoms with Crippen molar-refractivity contribution >= 4 is 34.8 Å². The SMILES string of the molecule is Cc1ccc(Cl)c(NC(=O)CN2CCNC(C)C2)c1Cl. The predicted molar refractivity (Wildman–Crippen MR) is 83.7 cm³/mol. The van der Waals surface area contributed by atoms with Crippen LogP contribution in [0.3, 0.4) is 0 Å². The lowest BCUT2D eigenvalue weighted by Crippen LogP contribution is -2.51. The van der Waals surface area contributed by atoms with Crippen LogP contribution < -0.4 is 10.6 Å². The summed E-state index contributed by atoms with van der Waals surface area (Å²) in [5.41, 5.74) is 1.39. The minimum Gasteiger partial charge on any atom is -0.322 e. The average molecular weight is 316 g/mol. The predicted octanol–water partition coefficient (Wildman–Crippen LogP) is 2.53. The molecule has 1 aliphatic heterocycles. The van der Waals surface area contributed by atoms with Crippen molar-refractivity contribution in [1.29, 1.82) is 0 Å². The lowest BCUT2D eigenvalue weighted by atomic mass is 10.2. The van der Waals surface area contributed by atoms with Crippen LogP contribution in [0, 0.1) is 6.92 Å². The molecule has 1 fully saturated rings. The zero-order valence-corrected chi connectivity index (χ0v) is 13.2. The molecule has 0 bridgehead atoms. The van der Waals surface area contributed by atoms with Crippen molar-refractivity contribution in [2.45, 2.75) is 19.9 Å². The number of carbonyl (C=O) groups excluding carboxylic acids is 1. The quantitative estimate of drug-likeness (QED) is 0.901. The van der Waals surface area contributed by atoms with Gasteiger partial charge in [-0.15, -0.1) is 0 Å². The van der Waals surface area contributed by atoms with Crippen molar-refractivity contribution in [2.75, 3.05) is 31.5 Å². The summed E-state index contributed by atoms with van der Waals surface area (Å²) in [6.45, 7) is 6.98. The van der Waals surface area contributed by atoms with E-state index >= 15 is 0 Å². The number of aryl methyl sites for hydroxylation is 1. The number of amides is 1. The maximum Gasteiger partial charge on any atom is 0.238 e. The molecule has 0 spiro atoms. The van der Waals surface area contributed by atoms with Gasteiger partial charge in [-0.2, -0.15) is 0 Å². The van der Waals surface area contributed by atoms with Crippen LogP contribution in [0.5, 0.6) is 0 Å². The van der Waals surface area contributed by atoms with Gasteiger partial charge in [0.1, 0.15) is 0 Å². The Morgan fingerprint density at radius 3 is 2.95 bits per heavy atom. The fourth-order valence-corrected chi connectivity index (χ4v) is 2.77. The van der Waals surface area contributed by atoms with E-state index in [4.69, 9.17) is 23.2 Å². The number of nitrogens with zero attached hydrogens (tertiary/aromatic N) is 1. The first-order valence-corrected chi connectivity index (χ1v) is 7.43. The second kappa shape index (κ2) is 6.76. The average Bonchev–Trinajstić information content (AvgIpc) is 2.39. The molecule has 1 aromatic rings. The van der Waals surface area contributed by atoms with Crippen molar-refractivity contribution in [3.8, 4) is 0 Å². The molecular formula is C14H19Cl2N3O. The number of hydrogen-bond donors (Lipinski definition) is 2. The smallest absolute Gasteiger partial charge is 0.238 e. The Morgan fingerprint density at radius 1 is 1.50 bits per heavy atom. The highest BCUT2D eigenvalue weighted by Gasteiger charge is 2.19. The van der Waals surface area contributed by atoms with E-state index in [1.165, 1.54) is 0 Å². The van der Waals surface area contributed by atoms with Gasteiger partial charge in [-0.05, 0) is 25.5 Å². The number of halogens is 2. The molecule has 1 saturated heterocycles. The summed E-state index contributed by atoms with van der Waals surface area (Å²) in [6.07, 6.45) is 0. The Labute approximate surface area is 129 Å². The Hall–Kier alpha value is -0.810. The first-order chi connectivity index (χ1) is 9.47. The molecule has 20 heavy (non-hydrogen) atoms. The van der Waals surface area contributed by atoms with E-state index in [0.29, 0.717) is 28.3 Å². The molecule has 6 heteroatoms. The van der Waals surface area contributed by atoms with E-state index < -0.39 is 0 Å². The van der Waals surface area contributed by atoms with E-state index in [9.17, 15) is 4.79 Å². The fourth-order valence-electron chi connectivity index (χ4n) is 2.31. The standard InChI is InChI=1S/C14H19Cl2N3O/c1-9-3-4-11(15)14(13(9)16)18-12(20)8-19-6-5-17-10(2)7-19/h3-4,10,17H,5-8H2,1-2H3,(H,18,20). The molecule has 1 aromatic carbocycles. The van der Waals surface area contributed by atoms with Crippen molar-refractivity contribution in [3.05, 3.63) is 27.7 Å². The first-order valence-electron chi connectivity index (χ1n) is 6.67. The molecular weight excluding hydrogens is 297 g/mol. The number of benzene rings is 1. The summed E-state index contributed by atoms with van der Waals surface area (Å²) >= 11 is 12.3. The Bertz CT molecular complexity index is 507. The van der Waals surface area contributed by atoms with E-state index in [0.717, 1.165) is 25.2 Å². The van der Waals surface area contributed by atoms with Gasteiger partial charge < -0.3 is 10.6 Å². The van der Waals surface area contributed by atoms with Crippen LogP contribution in [0.2, 0.25) is 10.0 Å². The molecule has 0 radical (unpaired) electrons. The number of piperazine rings is 1. The highest BCUT2D eigenvalue weighted by atomic mass is 35.5. The normalized spacial score (nSPS) is 19.9. The van der Waals surface area contributed by atoms with Gasteiger partial charge in [-0.25, -0.2) is 0 Å². The number of nitrogens with one attached hydrogen (secondary N) is 2. The van der Waals surface area contributed by atoms with E-state index in [1.54, 1.807) is 6.07 Å². The fraction of sp³-hybridized carbons (Fsp3) is 0.500. The molecule has 0 aromatic heterocycles. The van der Waals surface area contributed by atoms with Crippen LogP contribution >= 0.6 is 23.2 Å². The number of anilines is 1.